The summed E-state index contributed by atoms with van der Waals surface area (Å²) in [7, 11) is 0. The summed E-state index contributed by atoms with van der Waals surface area (Å²) in [5, 5.41) is 0.710. The first-order chi connectivity index (χ1) is 8.90. The van der Waals surface area contributed by atoms with Crippen molar-refractivity contribution in [1.29, 1.82) is 0 Å². The normalized spacial score (nSPS) is 11.1. The minimum absolute atomic E-state index is 0.149. The predicted octanol–water partition coefficient (Wildman–Crippen LogP) is 5.02. The van der Waals surface area contributed by atoms with E-state index in [9.17, 15) is 4.39 Å². The van der Waals surface area contributed by atoms with Gasteiger partial charge in [0, 0.05) is 17.0 Å². The van der Waals surface area contributed by atoms with E-state index in [-0.39, 0.29) is 11.7 Å². The van der Waals surface area contributed by atoms with Crippen molar-refractivity contribution in [3.8, 4) is 11.3 Å². The van der Waals surface area contributed by atoms with E-state index in [1.165, 1.54) is 12.1 Å². The Hall–Kier alpha value is -1.19. The summed E-state index contributed by atoms with van der Waals surface area (Å²) in [5.41, 5.74) is 2.04. The van der Waals surface area contributed by atoms with Crippen LogP contribution in [0.1, 0.15) is 31.2 Å². The van der Waals surface area contributed by atoms with Crippen molar-refractivity contribution in [2.75, 3.05) is 0 Å². The quantitative estimate of drug-likeness (QED) is 0.727. The minimum Gasteiger partial charge on any atom is -0.232 e. The Labute approximate surface area is 121 Å². The van der Waals surface area contributed by atoms with Crippen LogP contribution in [0.25, 0.3) is 11.3 Å². The van der Waals surface area contributed by atoms with Gasteiger partial charge in [-0.25, -0.2) is 14.4 Å². The molecule has 0 N–H and O–H groups in total. The lowest BCUT2D eigenvalue weighted by atomic mass is 10.1. The second kappa shape index (κ2) is 5.43. The topological polar surface area (TPSA) is 25.8 Å². The number of nitrogens with zero attached hydrogens (tertiary/aromatic N) is 2. The molecule has 2 rings (SSSR count). The van der Waals surface area contributed by atoms with Crippen LogP contribution in [-0.4, -0.2) is 9.97 Å². The second-order valence-electron chi connectivity index (χ2n) is 4.63. The highest BCUT2D eigenvalue weighted by Gasteiger charge is 2.15. The molecule has 0 aliphatic rings. The van der Waals surface area contributed by atoms with E-state index in [0.29, 0.717) is 27.3 Å². The molecular formula is C14H13Cl2FN2. The standard InChI is InChI=1S/C14H13Cl2FN2/c1-7(2)14-18-12(8(3)13(16)19-14)10-5-4-9(17)6-11(10)15/h4-7H,1-3H3. The van der Waals surface area contributed by atoms with Gasteiger partial charge in [0.2, 0.25) is 0 Å². The molecule has 2 nitrogen and oxygen atoms in total. The number of hydrogen-bond donors (Lipinski definition) is 0. The zero-order chi connectivity index (χ0) is 14.2. The number of rotatable bonds is 2. The monoisotopic (exact) mass is 298 g/mol. The molecule has 0 atom stereocenters. The van der Waals surface area contributed by atoms with Crippen LogP contribution >= 0.6 is 23.2 Å². The Bertz CT molecular complexity index is 627. The van der Waals surface area contributed by atoms with Crippen LogP contribution in [0.3, 0.4) is 0 Å². The van der Waals surface area contributed by atoms with E-state index in [4.69, 9.17) is 23.2 Å². The molecule has 1 aromatic carbocycles. The van der Waals surface area contributed by atoms with Gasteiger partial charge in [0.15, 0.2) is 0 Å². The molecule has 5 heteroatoms. The van der Waals surface area contributed by atoms with E-state index >= 15 is 0 Å². The fraction of sp³-hybridized carbons (Fsp3) is 0.286. The lowest BCUT2D eigenvalue weighted by molar-refractivity contribution is 0.628. The van der Waals surface area contributed by atoms with E-state index in [1.807, 2.05) is 20.8 Å². The predicted molar refractivity (Wildman–Crippen MR) is 76.3 cm³/mol. The summed E-state index contributed by atoms with van der Waals surface area (Å²) in [6, 6.07) is 4.22. The molecule has 0 amide bonds. The van der Waals surface area contributed by atoms with E-state index in [1.54, 1.807) is 6.07 Å². The highest BCUT2D eigenvalue weighted by Crippen LogP contribution is 2.32. The van der Waals surface area contributed by atoms with Gasteiger partial charge in [-0.15, -0.1) is 0 Å². The van der Waals surface area contributed by atoms with Crippen molar-refractivity contribution in [2.24, 2.45) is 0 Å². The fourth-order valence-corrected chi connectivity index (χ4v) is 2.14. The maximum Gasteiger partial charge on any atom is 0.136 e. The molecule has 0 fully saturated rings. The van der Waals surface area contributed by atoms with Crippen LogP contribution in [0, 0.1) is 12.7 Å². The number of benzene rings is 1. The highest BCUT2D eigenvalue weighted by molar-refractivity contribution is 6.33. The molecule has 0 aliphatic heterocycles. The van der Waals surface area contributed by atoms with Crippen molar-refractivity contribution < 1.29 is 4.39 Å². The van der Waals surface area contributed by atoms with E-state index in [0.717, 1.165) is 5.56 Å². The first-order valence-electron chi connectivity index (χ1n) is 5.89. The van der Waals surface area contributed by atoms with Crippen molar-refractivity contribution in [3.63, 3.8) is 0 Å². The third kappa shape index (κ3) is 2.88. The molecule has 0 unspecified atom stereocenters. The number of hydrogen-bond acceptors (Lipinski definition) is 2. The average molecular weight is 299 g/mol. The molecule has 1 heterocycles. The average Bonchev–Trinajstić information content (AvgIpc) is 2.33. The minimum atomic E-state index is -0.379. The van der Waals surface area contributed by atoms with Gasteiger partial charge in [0.05, 0.1) is 10.7 Å². The molecule has 0 bridgehead atoms. The zero-order valence-electron chi connectivity index (χ0n) is 10.8. The largest absolute Gasteiger partial charge is 0.232 e. The SMILES string of the molecule is Cc1c(Cl)nc(C(C)C)nc1-c1ccc(F)cc1Cl. The van der Waals surface area contributed by atoms with Gasteiger partial charge >= 0.3 is 0 Å². The molecule has 19 heavy (non-hydrogen) atoms. The Morgan fingerprint density at radius 2 is 1.84 bits per heavy atom. The van der Waals surface area contributed by atoms with Crippen LogP contribution < -0.4 is 0 Å². The van der Waals surface area contributed by atoms with Gasteiger partial charge in [-0.3, -0.25) is 0 Å². The van der Waals surface area contributed by atoms with Gasteiger partial charge in [-0.05, 0) is 25.1 Å². The number of aromatic nitrogens is 2. The Morgan fingerprint density at radius 3 is 2.42 bits per heavy atom. The summed E-state index contributed by atoms with van der Waals surface area (Å²) >= 11 is 12.2. The van der Waals surface area contributed by atoms with Crippen LogP contribution in [0.15, 0.2) is 18.2 Å². The smallest absolute Gasteiger partial charge is 0.136 e. The Kier molecular flexibility index (Phi) is 4.07. The van der Waals surface area contributed by atoms with Crippen LogP contribution in [0.4, 0.5) is 4.39 Å². The van der Waals surface area contributed by atoms with E-state index < -0.39 is 0 Å². The maximum atomic E-state index is 13.1. The second-order valence-corrected chi connectivity index (χ2v) is 5.39. The van der Waals surface area contributed by atoms with E-state index in [2.05, 4.69) is 9.97 Å². The summed E-state index contributed by atoms with van der Waals surface area (Å²) in [6.45, 7) is 5.79. The lowest BCUT2D eigenvalue weighted by Crippen LogP contribution is -2.02. The summed E-state index contributed by atoms with van der Waals surface area (Å²) in [5.74, 6) is 0.415. The van der Waals surface area contributed by atoms with Crippen LogP contribution in [0.2, 0.25) is 10.2 Å². The highest BCUT2D eigenvalue weighted by atomic mass is 35.5. The van der Waals surface area contributed by atoms with Gasteiger partial charge in [-0.1, -0.05) is 37.0 Å². The maximum absolute atomic E-state index is 13.1. The van der Waals surface area contributed by atoms with Gasteiger partial charge < -0.3 is 0 Å². The summed E-state index contributed by atoms with van der Waals surface area (Å²) < 4.78 is 13.1. The Morgan fingerprint density at radius 1 is 1.16 bits per heavy atom. The van der Waals surface area contributed by atoms with Crippen LogP contribution in [-0.2, 0) is 0 Å². The first kappa shape index (κ1) is 14.2. The number of halogens is 3. The van der Waals surface area contributed by atoms with Gasteiger partial charge in [0.25, 0.3) is 0 Å². The summed E-state index contributed by atoms with van der Waals surface area (Å²) in [4.78, 5) is 8.73. The van der Waals surface area contributed by atoms with Crippen molar-refractivity contribution in [1.82, 2.24) is 9.97 Å². The molecular weight excluding hydrogens is 286 g/mol. The lowest BCUT2D eigenvalue weighted by Gasteiger charge is -2.12. The first-order valence-corrected chi connectivity index (χ1v) is 6.65. The fourth-order valence-electron chi connectivity index (χ4n) is 1.71. The molecule has 0 radical (unpaired) electrons. The molecule has 0 saturated carbocycles. The third-order valence-corrected chi connectivity index (χ3v) is 3.49. The van der Waals surface area contributed by atoms with Gasteiger partial charge in [0.1, 0.15) is 16.8 Å². The summed E-state index contributed by atoms with van der Waals surface area (Å²) in [6.07, 6.45) is 0. The van der Waals surface area contributed by atoms with Gasteiger partial charge in [-0.2, -0.15) is 0 Å². The molecule has 100 valence electrons. The molecule has 1 aromatic heterocycles. The van der Waals surface area contributed by atoms with Crippen molar-refractivity contribution in [2.45, 2.75) is 26.7 Å². The molecule has 2 aromatic rings. The van der Waals surface area contributed by atoms with Crippen molar-refractivity contribution in [3.05, 3.63) is 45.6 Å². The zero-order valence-corrected chi connectivity index (χ0v) is 12.3. The van der Waals surface area contributed by atoms with Crippen LogP contribution in [0.5, 0.6) is 0 Å². The molecule has 0 saturated heterocycles. The molecule has 0 aliphatic carbocycles. The third-order valence-electron chi connectivity index (χ3n) is 2.81. The Balaban J connectivity index is 2.67. The van der Waals surface area contributed by atoms with Crippen molar-refractivity contribution >= 4 is 23.2 Å². The molecule has 0 spiro atoms.